The third-order valence-electron chi connectivity index (χ3n) is 5.50. The molecule has 2 heterocycles. The van der Waals surface area contributed by atoms with Crippen LogP contribution in [0.4, 0.5) is 11.4 Å². The van der Waals surface area contributed by atoms with E-state index in [9.17, 15) is 14.9 Å². The molecule has 1 aromatic heterocycles. The Morgan fingerprint density at radius 2 is 1.94 bits per heavy atom. The first-order valence-electron chi connectivity index (χ1n) is 10.5. The summed E-state index contributed by atoms with van der Waals surface area (Å²) in [6.07, 6.45) is 0. The number of anilines is 1. The Morgan fingerprint density at radius 1 is 1.18 bits per heavy atom. The molecular formula is C22H23ClN6O5. The molecule has 0 unspecified atom stereocenters. The van der Waals surface area contributed by atoms with E-state index in [1.807, 2.05) is 11.0 Å². The van der Waals surface area contributed by atoms with Crippen LogP contribution in [0, 0.1) is 17.0 Å². The number of carbonyl (C=O) groups excluding carboxylic acids is 1. The highest BCUT2D eigenvalue weighted by molar-refractivity contribution is 6.33. The Bertz CT molecular complexity index is 1210. The van der Waals surface area contributed by atoms with Gasteiger partial charge in [0.2, 0.25) is 0 Å². The highest BCUT2D eigenvalue weighted by Gasteiger charge is 2.28. The Hall–Kier alpha value is -3.70. The summed E-state index contributed by atoms with van der Waals surface area (Å²) >= 11 is 6.28. The molecule has 1 saturated heterocycles. The summed E-state index contributed by atoms with van der Waals surface area (Å²) in [5.41, 5.74) is 2.19. The summed E-state index contributed by atoms with van der Waals surface area (Å²) in [7, 11) is 1.54. The Balaban J connectivity index is 1.49. The zero-order valence-corrected chi connectivity index (χ0v) is 19.4. The summed E-state index contributed by atoms with van der Waals surface area (Å²) in [4.78, 5) is 27.6. The summed E-state index contributed by atoms with van der Waals surface area (Å²) in [6, 6.07) is 11.6. The molecule has 1 aliphatic rings. The number of piperazine rings is 1. The minimum atomic E-state index is -0.481. The monoisotopic (exact) mass is 486 g/mol. The number of ether oxygens (including phenoxy) is 2. The molecule has 1 fully saturated rings. The third kappa shape index (κ3) is 4.80. The molecule has 2 aromatic carbocycles. The molecule has 0 aliphatic carbocycles. The van der Waals surface area contributed by atoms with Gasteiger partial charge in [-0.15, -0.1) is 5.10 Å². The van der Waals surface area contributed by atoms with Crippen molar-refractivity contribution in [2.75, 3.05) is 45.0 Å². The van der Waals surface area contributed by atoms with E-state index in [0.717, 1.165) is 0 Å². The Morgan fingerprint density at radius 3 is 2.62 bits per heavy atom. The van der Waals surface area contributed by atoms with Crippen molar-refractivity contribution in [2.24, 2.45) is 0 Å². The van der Waals surface area contributed by atoms with Crippen LogP contribution in [-0.4, -0.2) is 70.8 Å². The van der Waals surface area contributed by atoms with Crippen LogP contribution in [0.1, 0.15) is 16.2 Å². The van der Waals surface area contributed by atoms with Crippen molar-refractivity contribution >= 4 is 28.9 Å². The van der Waals surface area contributed by atoms with Gasteiger partial charge in [0.1, 0.15) is 5.75 Å². The average molecular weight is 487 g/mol. The van der Waals surface area contributed by atoms with Crippen LogP contribution in [0.2, 0.25) is 5.02 Å². The molecule has 0 saturated carbocycles. The third-order valence-corrected chi connectivity index (χ3v) is 5.80. The number of methoxy groups -OCH3 is 1. The van der Waals surface area contributed by atoms with Gasteiger partial charge in [-0.25, -0.2) is 4.68 Å². The number of benzene rings is 2. The fourth-order valence-corrected chi connectivity index (χ4v) is 4.08. The summed E-state index contributed by atoms with van der Waals surface area (Å²) in [6.45, 7) is 3.82. The zero-order valence-electron chi connectivity index (χ0n) is 18.7. The van der Waals surface area contributed by atoms with Gasteiger partial charge in [0.15, 0.2) is 12.5 Å². The maximum atomic E-state index is 13.4. The zero-order chi connectivity index (χ0) is 24.2. The van der Waals surface area contributed by atoms with Gasteiger partial charge in [-0.2, -0.15) is 0 Å². The molecule has 178 valence electrons. The van der Waals surface area contributed by atoms with E-state index in [2.05, 4.69) is 10.3 Å². The second-order valence-electron chi connectivity index (χ2n) is 7.66. The van der Waals surface area contributed by atoms with Gasteiger partial charge in [0.25, 0.3) is 11.6 Å². The SMILES string of the molecule is COCOc1cccc(-n2nnc(C)c2C(=O)N2CCN(c3ccc([N+](=O)[O-])cc3Cl)CC2)c1. The molecule has 0 radical (unpaired) electrons. The quantitative estimate of drug-likeness (QED) is 0.284. The minimum absolute atomic E-state index is 0.0597. The lowest BCUT2D eigenvalue weighted by Crippen LogP contribution is -2.49. The number of carbonyl (C=O) groups is 1. The number of rotatable bonds is 7. The van der Waals surface area contributed by atoms with E-state index in [-0.39, 0.29) is 18.4 Å². The first kappa shape index (κ1) is 23.5. The first-order valence-corrected chi connectivity index (χ1v) is 10.9. The maximum absolute atomic E-state index is 13.4. The number of amides is 1. The molecule has 0 spiro atoms. The van der Waals surface area contributed by atoms with Crippen LogP contribution in [-0.2, 0) is 4.74 Å². The van der Waals surface area contributed by atoms with E-state index in [4.69, 9.17) is 21.1 Å². The number of nitro groups is 1. The lowest BCUT2D eigenvalue weighted by molar-refractivity contribution is -0.384. The maximum Gasteiger partial charge on any atom is 0.274 e. The second kappa shape index (κ2) is 10.1. The standard InChI is InChI=1S/C22H23ClN6O5/c1-15-21(28(25-24-15)16-4-3-5-18(12-16)34-14-33-2)22(30)27-10-8-26(9-11-27)20-7-6-17(29(31)32)13-19(20)23/h3-7,12-13H,8-11,14H2,1-2H3. The van der Waals surface area contributed by atoms with Crippen molar-refractivity contribution in [1.82, 2.24) is 19.9 Å². The van der Waals surface area contributed by atoms with Gasteiger partial charge in [-0.1, -0.05) is 22.9 Å². The molecule has 4 rings (SSSR count). The highest BCUT2D eigenvalue weighted by Crippen LogP contribution is 2.30. The van der Waals surface area contributed by atoms with Crippen molar-refractivity contribution < 1.29 is 19.2 Å². The first-order chi connectivity index (χ1) is 16.4. The van der Waals surface area contributed by atoms with E-state index < -0.39 is 4.92 Å². The van der Waals surface area contributed by atoms with Gasteiger partial charge in [0, 0.05) is 51.5 Å². The van der Waals surface area contributed by atoms with Crippen molar-refractivity contribution in [3.05, 3.63) is 69.0 Å². The van der Waals surface area contributed by atoms with Gasteiger partial charge < -0.3 is 19.3 Å². The molecule has 3 aromatic rings. The van der Waals surface area contributed by atoms with Gasteiger partial charge in [-0.3, -0.25) is 14.9 Å². The van der Waals surface area contributed by atoms with Crippen LogP contribution in [0.5, 0.6) is 5.75 Å². The number of halogens is 1. The van der Waals surface area contributed by atoms with Gasteiger partial charge in [0.05, 0.1) is 27.0 Å². The number of non-ortho nitro benzene ring substituents is 1. The summed E-state index contributed by atoms with van der Waals surface area (Å²) in [5, 5.41) is 19.5. The molecule has 11 nitrogen and oxygen atoms in total. The van der Waals surface area contributed by atoms with E-state index in [0.29, 0.717) is 59.7 Å². The summed E-state index contributed by atoms with van der Waals surface area (Å²) in [5.74, 6) is 0.402. The van der Waals surface area contributed by atoms with Crippen molar-refractivity contribution in [3.8, 4) is 11.4 Å². The Kier molecular flexibility index (Phi) is 6.94. The lowest BCUT2D eigenvalue weighted by Gasteiger charge is -2.36. The second-order valence-corrected chi connectivity index (χ2v) is 8.06. The van der Waals surface area contributed by atoms with Crippen molar-refractivity contribution in [1.29, 1.82) is 0 Å². The lowest BCUT2D eigenvalue weighted by atomic mass is 10.2. The van der Waals surface area contributed by atoms with Gasteiger partial charge in [-0.05, 0) is 25.1 Å². The van der Waals surface area contributed by atoms with E-state index >= 15 is 0 Å². The highest BCUT2D eigenvalue weighted by atomic mass is 35.5. The smallest absolute Gasteiger partial charge is 0.274 e. The number of aromatic nitrogens is 3. The molecule has 1 aliphatic heterocycles. The number of hydrogen-bond donors (Lipinski definition) is 0. The number of hydrogen-bond acceptors (Lipinski definition) is 8. The van der Waals surface area contributed by atoms with Crippen LogP contribution in [0.25, 0.3) is 5.69 Å². The van der Waals surface area contributed by atoms with Crippen molar-refractivity contribution in [2.45, 2.75) is 6.92 Å². The number of aryl methyl sites for hydroxylation is 1. The van der Waals surface area contributed by atoms with Crippen LogP contribution in [0.15, 0.2) is 42.5 Å². The summed E-state index contributed by atoms with van der Waals surface area (Å²) < 4.78 is 11.9. The average Bonchev–Trinajstić information content (AvgIpc) is 3.23. The molecule has 12 heteroatoms. The fraction of sp³-hybridized carbons (Fsp3) is 0.318. The predicted octanol–water partition coefficient (Wildman–Crippen LogP) is 3.08. The van der Waals surface area contributed by atoms with Crippen LogP contribution >= 0.6 is 11.6 Å². The molecule has 0 bridgehead atoms. The molecule has 0 N–H and O–H groups in total. The fourth-order valence-electron chi connectivity index (χ4n) is 3.78. The molecular weight excluding hydrogens is 464 g/mol. The van der Waals surface area contributed by atoms with E-state index in [1.165, 1.54) is 23.9 Å². The van der Waals surface area contributed by atoms with E-state index in [1.54, 1.807) is 36.1 Å². The van der Waals surface area contributed by atoms with Crippen LogP contribution in [0.3, 0.4) is 0 Å². The van der Waals surface area contributed by atoms with Crippen LogP contribution < -0.4 is 9.64 Å². The predicted molar refractivity (Wildman–Crippen MR) is 125 cm³/mol. The largest absolute Gasteiger partial charge is 0.467 e. The van der Waals surface area contributed by atoms with Crippen molar-refractivity contribution in [3.63, 3.8) is 0 Å². The number of nitro benzene ring substituents is 1. The van der Waals surface area contributed by atoms with Gasteiger partial charge >= 0.3 is 0 Å². The Labute approximate surface area is 200 Å². The number of nitrogens with zero attached hydrogens (tertiary/aromatic N) is 6. The molecule has 1 amide bonds. The topological polar surface area (TPSA) is 116 Å². The molecule has 34 heavy (non-hydrogen) atoms. The normalized spacial score (nSPS) is 13.7. The minimum Gasteiger partial charge on any atom is -0.467 e. The molecule has 0 atom stereocenters.